The van der Waals surface area contributed by atoms with Crippen LogP contribution in [-0.2, 0) is 10.5 Å². The van der Waals surface area contributed by atoms with Crippen molar-refractivity contribution >= 4 is 17.7 Å². The molecule has 0 aliphatic rings. The number of aromatic nitrogens is 1. The molecule has 0 spiro atoms. The topological polar surface area (TPSA) is 39.2 Å². The monoisotopic (exact) mass is 287 g/mol. The first kappa shape index (κ1) is 14.6. The Bertz CT molecular complexity index is 581. The highest BCUT2D eigenvalue weighted by Gasteiger charge is 2.13. The molecule has 0 atom stereocenters. The van der Waals surface area contributed by atoms with E-state index in [9.17, 15) is 4.79 Å². The molecule has 2 aromatic rings. The Labute approximate surface area is 123 Å². The molecule has 0 aliphatic heterocycles. The summed E-state index contributed by atoms with van der Waals surface area (Å²) in [4.78, 5) is 16.1. The number of aryl methyl sites for hydroxylation is 1. The minimum absolute atomic E-state index is 0.313. The van der Waals surface area contributed by atoms with Crippen LogP contribution in [0.4, 0.5) is 0 Å². The lowest BCUT2D eigenvalue weighted by Gasteiger charge is -2.07. The van der Waals surface area contributed by atoms with E-state index in [-0.39, 0.29) is 5.97 Å². The van der Waals surface area contributed by atoms with Crippen molar-refractivity contribution in [3.63, 3.8) is 0 Å². The van der Waals surface area contributed by atoms with Crippen molar-refractivity contribution in [1.82, 2.24) is 4.98 Å². The molecule has 0 N–H and O–H groups in total. The Hall–Kier alpha value is -1.81. The molecule has 0 aliphatic carbocycles. The van der Waals surface area contributed by atoms with Gasteiger partial charge in [0.2, 0.25) is 0 Å². The van der Waals surface area contributed by atoms with Crippen molar-refractivity contribution < 1.29 is 9.53 Å². The average molecular weight is 287 g/mol. The molecule has 0 fully saturated rings. The van der Waals surface area contributed by atoms with Crippen LogP contribution in [0.3, 0.4) is 0 Å². The summed E-state index contributed by atoms with van der Waals surface area (Å²) in [5.41, 5.74) is 2.98. The first-order valence-electron chi connectivity index (χ1n) is 6.51. The van der Waals surface area contributed by atoms with Crippen LogP contribution in [0.15, 0.2) is 47.6 Å². The number of carbonyl (C=O) groups is 1. The maximum absolute atomic E-state index is 11.8. The molecule has 0 radical (unpaired) electrons. The van der Waals surface area contributed by atoms with Crippen LogP contribution >= 0.6 is 11.8 Å². The van der Waals surface area contributed by atoms with Crippen LogP contribution in [0, 0.1) is 6.92 Å². The molecule has 0 saturated carbocycles. The van der Waals surface area contributed by atoms with E-state index >= 15 is 0 Å². The molecule has 104 valence electrons. The molecule has 4 heteroatoms. The molecule has 1 aromatic carbocycles. The van der Waals surface area contributed by atoms with Crippen LogP contribution in [0.1, 0.15) is 28.4 Å². The van der Waals surface area contributed by atoms with Gasteiger partial charge in [-0.2, -0.15) is 0 Å². The number of hydrogen-bond acceptors (Lipinski definition) is 4. The largest absolute Gasteiger partial charge is 0.462 e. The predicted octanol–water partition coefficient (Wildman–Crippen LogP) is 3.86. The number of thioether (sulfide) groups is 1. The van der Waals surface area contributed by atoms with Crippen molar-refractivity contribution in [3.05, 3.63) is 59.3 Å². The second-order valence-electron chi connectivity index (χ2n) is 4.35. The van der Waals surface area contributed by atoms with Gasteiger partial charge in [0.05, 0.1) is 12.2 Å². The number of pyridine rings is 1. The molecule has 2 rings (SSSR count). The summed E-state index contributed by atoms with van der Waals surface area (Å²) in [6.07, 6.45) is 1.69. The highest BCUT2D eigenvalue weighted by molar-refractivity contribution is 7.98. The molecular formula is C16H17NO2S. The lowest BCUT2D eigenvalue weighted by molar-refractivity contribution is 0.0521. The van der Waals surface area contributed by atoms with E-state index in [1.165, 1.54) is 11.1 Å². The van der Waals surface area contributed by atoms with Crippen LogP contribution in [-0.4, -0.2) is 17.6 Å². The Morgan fingerprint density at radius 3 is 2.70 bits per heavy atom. The maximum Gasteiger partial charge on any atom is 0.340 e. The van der Waals surface area contributed by atoms with E-state index in [4.69, 9.17) is 4.74 Å². The standard InChI is InChI=1S/C16H17NO2S/c1-3-19-16(18)14-5-4-10-17-15(14)20-11-13-8-6-12(2)7-9-13/h4-10H,3,11H2,1-2H3. The Morgan fingerprint density at radius 2 is 2.00 bits per heavy atom. The smallest absolute Gasteiger partial charge is 0.340 e. The zero-order valence-electron chi connectivity index (χ0n) is 11.6. The molecule has 0 saturated heterocycles. The zero-order chi connectivity index (χ0) is 14.4. The number of rotatable bonds is 5. The minimum Gasteiger partial charge on any atom is -0.462 e. The number of benzene rings is 1. The Kier molecular flexibility index (Phi) is 5.18. The van der Waals surface area contributed by atoms with E-state index in [0.717, 1.165) is 5.75 Å². The van der Waals surface area contributed by atoms with E-state index in [0.29, 0.717) is 17.2 Å². The number of nitrogens with zero attached hydrogens (tertiary/aromatic N) is 1. The van der Waals surface area contributed by atoms with Gasteiger partial charge in [0.15, 0.2) is 0 Å². The van der Waals surface area contributed by atoms with E-state index in [1.807, 2.05) is 0 Å². The minimum atomic E-state index is -0.313. The lowest BCUT2D eigenvalue weighted by atomic mass is 10.2. The summed E-state index contributed by atoms with van der Waals surface area (Å²) in [5.74, 6) is 0.468. The van der Waals surface area contributed by atoms with Gasteiger partial charge in [0, 0.05) is 11.9 Å². The van der Waals surface area contributed by atoms with Gasteiger partial charge in [-0.1, -0.05) is 29.8 Å². The SMILES string of the molecule is CCOC(=O)c1cccnc1SCc1ccc(C)cc1. The van der Waals surface area contributed by atoms with E-state index < -0.39 is 0 Å². The third kappa shape index (κ3) is 3.84. The summed E-state index contributed by atoms with van der Waals surface area (Å²) >= 11 is 1.55. The van der Waals surface area contributed by atoms with Gasteiger partial charge >= 0.3 is 5.97 Å². The Morgan fingerprint density at radius 1 is 1.25 bits per heavy atom. The fourth-order valence-corrected chi connectivity index (χ4v) is 2.64. The Balaban J connectivity index is 2.09. The van der Waals surface area contributed by atoms with Crippen LogP contribution in [0.2, 0.25) is 0 Å². The number of esters is 1. The number of ether oxygens (including phenoxy) is 1. The molecule has 0 bridgehead atoms. The third-order valence-electron chi connectivity index (χ3n) is 2.76. The summed E-state index contributed by atoms with van der Waals surface area (Å²) in [6, 6.07) is 11.9. The third-order valence-corrected chi connectivity index (χ3v) is 3.84. The summed E-state index contributed by atoms with van der Waals surface area (Å²) in [7, 11) is 0. The highest BCUT2D eigenvalue weighted by Crippen LogP contribution is 2.24. The maximum atomic E-state index is 11.8. The van der Waals surface area contributed by atoms with Gasteiger partial charge < -0.3 is 4.74 Å². The van der Waals surface area contributed by atoms with Crippen LogP contribution in [0.25, 0.3) is 0 Å². The normalized spacial score (nSPS) is 10.3. The first-order chi connectivity index (χ1) is 9.70. The van der Waals surface area contributed by atoms with Crippen molar-refractivity contribution in [3.8, 4) is 0 Å². The van der Waals surface area contributed by atoms with Gasteiger partial charge in [0.1, 0.15) is 5.03 Å². The molecule has 0 unspecified atom stereocenters. The second kappa shape index (κ2) is 7.10. The van der Waals surface area contributed by atoms with Gasteiger partial charge in [-0.05, 0) is 31.5 Å². The predicted molar refractivity (Wildman–Crippen MR) is 80.9 cm³/mol. The highest BCUT2D eigenvalue weighted by atomic mass is 32.2. The van der Waals surface area contributed by atoms with Crippen LogP contribution in [0.5, 0.6) is 0 Å². The van der Waals surface area contributed by atoms with Crippen LogP contribution < -0.4 is 0 Å². The molecule has 20 heavy (non-hydrogen) atoms. The van der Waals surface area contributed by atoms with Crippen molar-refractivity contribution in [1.29, 1.82) is 0 Å². The van der Waals surface area contributed by atoms with Crippen molar-refractivity contribution in [2.24, 2.45) is 0 Å². The molecule has 1 aromatic heterocycles. The van der Waals surface area contributed by atoms with E-state index in [2.05, 4.69) is 36.2 Å². The number of carbonyl (C=O) groups excluding carboxylic acids is 1. The molecule has 0 amide bonds. The fraction of sp³-hybridized carbons (Fsp3) is 0.250. The van der Waals surface area contributed by atoms with E-state index in [1.54, 1.807) is 37.0 Å². The van der Waals surface area contributed by atoms with Gasteiger partial charge in [-0.25, -0.2) is 9.78 Å². The van der Waals surface area contributed by atoms with Crippen molar-refractivity contribution in [2.75, 3.05) is 6.61 Å². The van der Waals surface area contributed by atoms with Gasteiger partial charge in [0.25, 0.3) is 0 Å². The molecule has 1 heterocycles. The number of hydrogen-bond donors (Lipinski definition) is 0. The van der Waals surface area contributed by atoms with Gasteiger partial charge in [-0.3, -0.25) is 0 Å². The summed E-state index contributed by atoms with van der Waals surface area (Å²) < 4.78 is 5.04. The van der Waals surface area contributed by atoms with Gasteiger partial charge in [-0.15, -0.1) is 11.8 Å². The summed E-state index contributed by atoms with van der Waals surface area (Å²) in [6.45, 7) is 4.23. The van der Waals surface area contributed by atoms with Crippen molar-refractivity contribution in [2.45, 2.75) is 24.6 Å². The lowest BCUT2D eigenvalue weighted by Crippen LogP contribution is -2.07. The summed E-state index contributed by atoms with van der Waals surface area (Å²) in [5, 5.41) is 0.714. The molecule has 3 nitrogen and oxygen atoms in total. The average Bonchev–Trinajstić information content (AvgIpc) is 2.47. The zero-order valence-corrected chi connectivity index (χ0v) is 12.4. The second-order valence-corrected chi connectivity index (χ2v) is 5.31. The first-order valence-corrected chi connectivity index (χ1v) is 7.49. The fourth-order valence-electron chi connectivity index (χ4n) is 1.71. The quantitative estimate of drug-likeness (QED) is 0.618. The molecular weight excluding hydrogens is 270 g/mol.